The first-order valence-corrected chi connectivity index (χ1v) is 19.1. The zero-order valence-electron chi connectivity index (χ0n) is 28.5. The summed E-state index contributed by atoms with van der Waals surface area (Å²) in [6, 6.07) is 9.34. The van der Waals surface area contributed by atoms with E-state index in [-0.39, 0.29) is 36.5 Å². The van der Waals surface area contributed by atoms with Crippen LogP contribution in [0, 0.1) is 5.92 Å². The molecule has 5 aromatic rings. The Kier molecular flexibility index (Phi) is 10.7. The van der Waals surface area contributed by atoms with Gasteiger partial charge in [0.2, 0.25) is 11.9 Å². The van der Waals surface area contributed by atoms with E-state index in [1.54, 1.807) is 18.4 Å². The number of amides is 1. The van der Waals surface area contributed by atoms with Crippen LogP contribution in [-0.2, 0) is 37.8 Å². The van der Waals surface area contributed by atoms with Crippen molar-refractivity contribution >= 4 is 64.2 Å². The van der Waals surface area contributed by atoms with Crippen molar-refractivity contribution in [3.05, 3.63) is 59.7 Å². The maximum Gasteiger partial charge on any atom is 0.695 e. The molecule has 0 bridgehead atoms. The third-order valence-corrected chi connectivity index (χ3v) is 10.1. The number of imidazole rings is 2. The maximum atomic E-state index is 13.2. The molecular formula is C30H35N11O11PS+. The van der Waals surface area contributed by atoms with Crippen molar-refractivity contribution in [2.24, 2.45) is 5.92 Å². The molecule has 6 N–H and O–H groups in total. The number of ether oxygens (including phenoxy) is 2. The molecule has 7 atom stereocenters. The lowest BCUT2D eigenvalue weighted by Crippen LogP contribution is -2.38. The molecule has 0 saturated carbocycles. The number of H-pyrrole nitrogens is 1. The normalized spacial score (nSPS) is 23.4. The van der Waals surface area contributed by atoms with Crippen LogP contribution < -0.4 is 20.9 Å². The maximum absolute atomic E-state index is 13.2. The summed E-state index contributed by atoms with van der Waals surface area (Å²) < 4.78 is 66.0. The number of carbonyl (C=O) groups excluding carboxylic acids is 1. The van der Waals surface area contributed by atoms with Crippen LogP contribution in [0.4, 0.5) is 17.5 Å². The molecule has 0 radical (unpaired) electrons. The molecule has 1 aromatic carbocycles. The Balaban J connectivity index is 1.03. The highest BCUT2D eigenvalue weighted by molar-refractivity contribution is 7.84. The number of hydrogen-bond donors (Lipinski definition) is 6. The van der Waals surface area contributed by atoms with Gasteiger partial charge in [-0.15, -0.1) is 9.42 Å². The van der Waals surface area contributed by atoms with Gasteiger partial charge >= 0.3 is 18.6 Å². The minimum absolute atomic E-state index is 0.00393. The number of hydrogen-bond acceptors (Lipinski definition) is 16. The van der Waals surface area contributed by atoms with E-state index in [0.717, 1.165) is 5.69 Å². The second kappa shape index (κ2) is 15.5. The van der Waals surface area contributed by atoms with Crippen molar-refractivity contribution in [1.82, 2.24) is 43.8 Å². The zero-order chi connectivity index (χ0) is 38.1. The van der Waals surface area contributed by atoms with E-state index in [2.05, 4.69) is 45.3 Å². The van der Waals surface area contributed by atoms with Gasteiger partial charge in [-0.3, -0.25) is 33.2 Å². The number of nitrogens with zero attached hydrogens (tertiary/aromatic N) is 7. The number of fused-ring (bicyclic) bond motifs is 2. The van der Waals surface area contributed by atoms with E-state index in [0.29, 0.717) is 17.0 Å². The van der Waals surface area contributed by atoms with Gasteiger partial charge in [0.05, 0.1) is 25.4 Å². The van der Waals surface area contributed by atoms with Crippen LogP contribution in [0.25, 0.3) is 22.3 Å². The number of aromatic nitrogens is 8. The minimum Gasteiger partial charge on any atom is -0.394 e. The Morgan fingerprint density at radius 2 is 1.81 bits per heavy atom. The molecule has 6 heterocycles. The van der Waals surface area contributed by atoms with Crippen molar-refractivity contribution in [3.63, 3.8) is 0 Å². The third-order valence-electron chi connectivity index (χ3n) is 8.65. The van der Waals surface area contributed by atoms with Crippen LogP contribution in [0.15, 0.2) is 54.1 Å². The Morgan fingerprint density at radius 1 is 1.06 bits per heavy atom. The van der Waals surface area contributed by atoms with Gasteiger partial charge in [-0.25, -0.2) is 19.9 Å². The number of aromatic amines is 1. The molecule has 4 aromatic heterocycles. The first-order chi connectivity index (χ1) is 25.9. The standard InChI is InChI=1S/C30H34N11O11PS/c1-15(2)27(43)38-30-37-26-23(28(44)39-30)34-14-41(26)29-19(51-53(45)46)8-17(49-29)10-35-54(47,48)52-18-9-21(50-20(18)11-42)40-13-33-22-24(31-12-32-25(22)40)36-16-6-4-3-5-7-16/h3-7,12-15,17-21,29,35,42H,8-11H2,1-2H3,(H3-,31,32,36,37,38,39,43,44,45,46)/p+1/t17-,18-,19+,20+,21+,29+/m0/s1. The average Bonchev–Trinajstić information content (AvgIpc) is 3.93. The molecule has 2 fully saturated rings. The van der Waals surface area contributed by atoms with E-state index in [9.17, 15) is 32.6 Å². The van der Waals surface area contributed by atoms with Gasteiger partial charge in [0.1, 0.15) is 24.8 Å². The Morgan fingerprint density at radius 3 is 2.56 bits per heavy atom. The summed E-state index contributed by atoms with van der Waals surface area (Å²) in [5, 5.41) is 15.8. The zero-order valence-corrected chi connectivity index (χ0v) is 30.3. The number of anilines is 3. The van der Waals surface area contributed by atoms with Crippen LogP contribution in [-0.4, -0.2) is 101 Å². The Labute approximate surface area is 306 Å². The molecular weight excluding hydrogens is 753 g/mol. The van der Waals surface area contributed by atoms with Crippen LogP contribution >= 0.6 is 8.25 Å². The number of aliphatic hydroxyl groups is 1. The predicted molar refractivity (Wildman–Crippen MR) is 187 cm³/mol. The van der Waals surface area contributed by atoms with Crippen molar-refractivity contribution in [3.8, 4) is 0 Å². The number of benzene rings is 1. The summed E-state index contributed by atoms with van der Waals surface area (Å²) in [6.07, 6.45) is -2.18. The van der Waals surface area contributed by atoms with Gasteiger partial charge in [0.15, 0.2) is 40.5 Å². The van der Waals surface area contributed by atoms with Gasteiger partial charge in [-0.1, -0.05) is 32.0 Å². The quantitative estimate of drug-likeness (QED) is 0.0860. The lowest BCUT2D eigenvalue weighted by Gasteiger charge is -2.18. The first kappa shape index (κ1) is 37.5. The molecule has 2 aliphatic heterocycles. The Bertz CT molecular complexity index is 2340. The van der Waals surface area contributed by atoms with Gasteiger partial charge in [0, 0.05) is 35.6 Å². The molecule has 0 aliphatic carbocycles. The van der Waals surface area contributed by atoms with Crippen LogP contribution in [0.3, 0.4) is 0 Å². The number of nitrogens with one attached hydrogen (secondary N) is 4. The van der Waals surface area contributed by atoms with Crippen LogP contribution in [0.5, 0.6) is 0 Å². The average molecular weight is 789 g/mol. The Hall–Kier alpha value is -4.84. The SMILES string of the molecule is CC(C)C(=O)Nc1nc2c(ncn2[C@@H]2O[C@H](CNS(=O)(=O)O[C@H]3C[C@H](n4cnc5c(Nc6ccccc6)ncnc54)O[C@@H]3CO)C[C@H]2O[P+](=O)O)c(=O)[nH]1. The molecule has 22 nitrogen and oxygen atoms in total. The third kappa shape index (κ3) is 7.99. The van der Waals surface area contributed by atoms with Crippen molar-refractivity contribution < 1.29 is 46.0 Å². The number of rotatable bonds is 14. The topological polar surface area (TPSA) is 289 Å². The fraction of sp³-hybridized carbons (Fsp3) is 0.433. The molecule has 54 heavy (non-hydrogen) atoms. The smallest absolute Gasteiger partial charge is 0.394 e. The fourth-order valence-electron chi connectivity index (χ4n) is 6.08. The highest BCUT2D eigenvalue weighted by atomic mass is 32.2. The number of aliphatic hydroxyl groups excluding tert-OH is 1. The largest absolute Gasteiger partial charge is 0.695 e. The summed E-state index contributed by atoms with van der Waals surface area (Å²) >= 11 is 0. The fourth-order valence-corrected chi connectivity index (χ4v) is 7.48. The summed E-state index contributed by atoms with van der Waals surface area (Å²) in [5.41, 5.74) is 0.830. The van der Waals surface area contributed by atoms with E-state index in [4.69, 9.17) is 18.2 Å². The highest BCUT2D eigenvalue weighted by Gasteiger charge is 2.45. The number of carbonyl (C=O) groups is 1. The molecule has 0 spiro atoms. The molecule has 1 unspecified atom stereocenters. The predicted octanol–water partition coefficient (Wildman–Crippen LogP) is 1.12. The van der Waals surface area contributed by atoms with Crippen molar-refractivity contribution in [2.45, 2.75) is 63.6 Å². The summed E-state index contributed by atoms with van der Waals surface area (Å²) in [6.45, 7) is 2.40. The van der Waals surface area contributed by atoms with Gasteiger partial charge in [-0.05, 0) is 12.1 Å². The first-order valence-electron chi connectivity index (χ1n) is 16.6. The summed E-state index contributed by atoms with van der Waals surface area (Å²) in [4.78, 5) is 58.4. The molecule has 2 saturated heterocycles. The van der Waals surface area contributed by atoms with Gasteiger partial charge < -0.3 is 19.9 Å². The van der Waals surface area contributed by atoms with E-state index in [1.807, 2.05) is 30.3 Å². The summed E-state index contributed by atoms with van der Waals surface area (Å²) in [7, 11) is -7.62. The van der Waals surface area contributed by atoms with Crippen molar-refractivity contribution in [1.29, 1.82) is 0 Å². The molecule has 2 aliphatic rings. The lowest BCUT2D eigenvalue weighted by atomic mass is 10.2. The second-order valence-corrected chi connectivity index (χ2v) is 14.7. The molecule has 24 heteroatoms. The minimum atomic E-state index is -4.49. The summed E-state index contributed by atoms with van der Waals surface area (Å²) in [5.74, 6) is -0.532. The number of para-hydroxylation sites is 1. The van der Waals surface area contributed by atoms with Crippen LogP contribution in [0.2, 0.25) is 0 Å². The van der Waals surface area contributed by atoms with Crippen molar-refractivity contribution in [2.75, 3.05) is 23.8 Å². The van der Waals surface area contributed by atoms with E-state index < -0.39 is 79.4 Å². The monoisotopic (exact) mass is 788 g/mol. The van der Waals surface area contributed by atoms with Gasteiger partial charge in [0.25, 0.3) is 5.56 Å². The van der Waals surface area contributed by atoms with Crippen LogP contribution in [0.1, 0.15) is 39.1 Å². The van der Waals surface area contributed by atoms with E-state index in [1.165, 1.54) is 23.5 Å². The van der Waals surface area contributed by atoms with E-state index >= 15 is 0 Å². The molecule has 286 valence electrons. The molecule has 1 amide bonds. The van der Waals surface area contributed by atoms with Gasteiger partial charge in [-0.2, -0.15) is 18.1 Å². The lowest BCUT2D eigenvalue weighted by molar-refractivity contribution is -0.118. The molecule has 7 rings (SSSR count). The second-order valence-electron chi connectivity index (χ2n) is 12.7. The highest BCUT2D eigenvalue weighted by Crippen LogP contribution is 2.38.